The maximum absolute atomic E-state index is 8.63. The van der Waals surface area contributed by atoms with Gasteiger partial charge in [0.1, 0.15) is 0 Å². The third kappa shape index (κ3) is 1360. The van der Waals surface area contributed by atoms with Crippen LogP contribution in [0, 0.1) is 0 Å². The van der Waals surface area contributed by atoms with Crippen LogP contribution in [0.3, 0.4) is 0 Å². The maximum Gasteiger partial charge on any atom is 0 e. The van der Waals surface area contributed by atoms with E-state index in [0.29, 0.717) is 0 Å². The minimum atomic E-state index is -6.02. The van der Waals surface area contributed by atoms with Crippen molar-refractivity contribution in [1.29, 1.82) is 0 Å². The second kappa shape index (κ2) is 12.8. The number of hydrogen-bond donors (Lipinski definition) is 0. The maximum atomic E-state index is 8.63. The van der Waals surface area contributed by atoms with Gasteiger partial charge >= 0.3 is 112 Å². The predicted octanol–water partition coefficient (Wildman–Crippen LogP) is -10.9. The monoisotopic (exact) mass is 544 g/mol. The molecule has 0 saturated heterocycles. The zero-order valence-electron chi connectivity index (χ0n) is 7.57. The molecule has 0 aromatic heterocycles. The summed E-state index contributed by atoms with van der Waals surface area (Å²) in [4.78, 5) is 0. The van der Waals surface area contributed by atoms with Crippen molar-refractivity contribution in [1.82, 2.24) is 0 Å². The zero-order valence-corrected chi connectivity index (χ0v) is 15.0. The first-order valence-corrected chi connectivity index (χ1v) is 11.8. The van der Waals surface area contributed by atoms with Crippen molar-refractivity contribution in [3.63, 3.8) is 0 Å². The van der Waals surface area contributed by atoms with Crippen LogP contribution in [-0.4, -0.2) is 0 Å². The molecule has 0 amide bonds. The molecule has 0 bridgehead atoms. The molecule has 0 heterocycles. The van der Waals surface area contributed by atoms with E-state index in [0.717, 1.165) is 0 Å². The summed E-state index contributed by atoms with van der Waals surface area (Å²) in [6, 6.07) is 0. The van der Waals surface area contributed by atoms with Gasteiger partial charge in [-0.2, -0.15) is 0 Å². The Balaban J connectivity index is -0.0000000400. The van der Waals surface area contributed by atoms with Gasteiger partial charge in [-0.15, -0.1) is 0 Å². The van der Waals surface area contributed by atoms with Crippen LogP contribution in [0.5, 0.6) is 0 Å². The largest absolute Gasteiger partial charge is 0 e. The molecule has 0 unspecified atom stereocenters. The number of hydrogen-bond acceptors (Lipinski definition) is 12. The molecule has 0 fully saturated rings. The molecule has 0 N–H and O–H groups in total. The van der Waals surface area contributed by atoms with Crippen molar-refractivity contribution in [3.05, 3.63) is 0 Å². The van der Waals surface area contributed by atoms with Crippen LogP contribution in [-0.2, 0) is 89.2 Å². The summed E-state index contributed by atoms with van der Waals surface area (Å²) in [5.74, 6) is 0. The SMILES string of the molecule is [Li+].[O]=[Mo](=[O])([O-])[O-].[O]=[Mo](=[O])([O-])[O-].[O]=[Mo](=[O])([O-])[O-].[V]. The summed E-state index contributed by atoms with van der Waals surface area (Å²) in [5.41, 5.74) is 0. The normalized spacial score (nSPS) is 10.2. The van der Waals surface area contributed by atoms with Crippen molar-refractivity contribution >= 4 is 0 Å². The first-order chi connectivity index (χ1) is 6.00. The van der Waals surface area contributed by atoms with Crippen LogP contribution >= 0.6 is 0 Å². The van der Waals surface area contributed by atoms with E-state index in [2.05, 4.69) is 0 Å². The van der Waals surface area contributed by atoms with Crippen LogP contribution in [0.1, 0.15) is 0 Å². The fraction of sp³-hybridized carbons (Fsp3) is 0. The zero-order chi connectivity index (χ0) is 13.5. The molecule has 17 heteroatoms. The van der Waals surface area contributed by atoms with Crippen LogP contribution < -0.4 is 41.4 Å². The Kier molecular flexibility index (Phi) is 23.6. The molecule has 101 valence electrons. The molecular formula is LiMo3O12V-5. The molecule has 0 spiro atoms. The van der Waals surface area contributed by atoms with Gasteiger partial charge in [0, 0.05) is 18.6 Å². The van der Waals surface area contributed by atoms with Gasteiger partial charge in [0.15, 0.2) is 0 Å². The fourth-order valence-corrected chi connectivity index (χ4v) is 0. The van der Waals surface area contributed by atoms with Crippen LogP contribution in [0.25, 0.3) is 0 Å². The van der Waals surface area contributed by atoms with Crippen LogP contribution in [0.2, 0.25) is 0 Å². The third-order valence-corrected chi connectivity index (χ3v) is 0. The van der Waals surface area contributed by atoms with Gasteiger partial charge in [0.2, 0.25) is 0 Å². The Morgan fingerprint density at radius 2 is 0.471 bits per heavy atom. The molecule has 12 nitrogen and oxygen atoms in total. The Bertz CT molecular complexity index is 343. The second-order valence-corrected chi connectivity index (χ2v) is 7.25. The predicted molar refractivity (Wildman–Crippen MR) is 4.12 cm³/mol. The Hall–Kier alpha value is 1.81. The second-order valence-electron chi connectivity index (χ2n) is 1.22. The average Bonchev–Trinajstić information content (AvgIpc) is 1.41. The van der Waals surface area contributed by atoms with E-state index in [1.54, 1.807) is 0 Å². The van der Waals surface area contributed by atoms with Crippen molar-refractivity contribution < 1.29 is 131 Å². The van der Waals surface area contributed by atoms with Crippen LogP contribution in [0.4, 0.5) is 0 Å². The van der Waals surface area contributed by atoms with Gasteiger partial charge in [-0.25, -0.2) is 0 Å². The molecule has 17 heavy (non-hydrogen) atoms. The van der Waals surface area contributed by atoms with E-state index in [9.17, 15) is 0 Å². The smallest absolute Gasteiger partial charge is 0 e. The van der Waals surface area contributed by atoms with Crippen LogP contribution in [0.15, 0.2) is 0 Å². The number of rotatable bonds is 0. The molecule has 0 rings (SSSR count). The van der Waals surface area contributed by atoms with E-state index in [-0.39, 0.29) is 37.4 Å². The Labute approximate surface area is 129 Å². The molecule has 1 radical (unpaired) electrons. The average molecular weight is 538 g/mol. The van der Waals surface area contributed by atoms with E-state index >= 15 is 0 Å². The Morgan fingerprint density at radius 3 is 0.471 bits per heavy atom. The van der Waals surface area contributed by atoms with Crippen molar-refractivity contribution in [3.8, 4) is 0 Å². The van der Waals surface area contributed by atoms with Crippen molar-refractivity contribution in [2.24, 2.45) is 0 Å². The van der Waals surface area contributed by atoms with Crippen molar-refractivity contribution in [2.75, 3.05) is 0 Å². The Morgan fingerprint density at radius 1 is 0.471 bits per heavy atom. The quantitative estimate of drug-likeness (QED) is 0.261. The van der Waals surface area contributed by atoms with Gasteiger partial charge in [-0.3, -0.25) is 0 Å². The summed E-state index contributed by atoms with van der Waals surface area (Å²) in [7, 11) is 0. The minimum absolute atomic E-state index is 0. The van der Waals surface area contributed by atoms with Gasteiger partial charge in [0.25, 0.3) is 0 Å². The third-order valence-electron chi connectivity index (χ3n) is 0. The molecule has 0 aliphatic rings. The molecule has 0 aromatic carbocycles. The van der Waals surface area contributed by atoms with E-state index in [1.165, 1.54) is 0 Å². The molecule has 0 aliphatic carbocycles. The van der Waals surface area contributed by atoms with Gasteiger partial charge < -0.3 is 0 Å². The van der Waals surface area contributed by atoms with Gasteiger partial charge in [-0.05, 0) is 0 Å². The molecule has 0 atom stereocenters. The fourth-order valence-electron chi connectivity index (χ4n) is 0. The van der Waals surface area contributed by atoms with E-state index < -0.39 is 50.2 Å². The summed E-state index contributed by atoms with van der Waals surface area (Å²) in [6.45, 7) is 0. The van der Waals surface area contributed by atoms with E-state index in [1.807, 2.05) is 0 Å². The summed E-state index contributed by atoms with van der Waals surface area (Å²) < 4.78 is 104. The topological polar surface area (TPSA) is 241 Å². The molecule has 0 saturated carbocycles. The van der Waals surface area contributed by atoms with Crippen molar-refractivity contribution in [2.45, 2.75) is 0 Å². The molecule has 0 aliphatic heterocycles. The summed E-state index contributed by atoms with van der Waals surface area (Å²) in [5, 5.41) is 0. The molecule has 0 aromatic rings. The molecular weight excluding hydrogens is 538 g/mol. The van der Waals surface area contributed by atoms with E-state index in [4.69, 9.17) is 42.9 Å². The standard InChI is InChI=1S/Li.3Mo.12O.V/q+1;;;;;;;;;;6*-1;. The van der Waals surface area contributed by atoms with Gasteiger partial charge in [-0.1, -0.05) is 0 Å². The first-order valence-electron chi connectivity index (χ1n) is 2.00. The summed E-state index contributed by atoms with van der Waals surface area (Å²) in [6.07, 6.45) is 0. The first kappa shape index (κ1) is 31.3. The minimum Gasteiger partial charge on any atom is 0 e. The van der Waals surface area contributed by atoms with Gasteiger partial charge in [0.05, 0.1) is 0 Å². The summed E-state index contributed by atoms with van der Waals surface area (Å²) >= 11 is -18.1.